The van der Waals surface area contributed by atoms with Crippen LogP contribution in [-0.4, -0.2) is 23.1 Å². The van der Waals surface area contributed by atoms with Crippen molar-refractivity contribution in [1.29, 1.82) is 0 Å². The van der Waals surface area contributed by atoms with Crippen LogP contribution in [0.2, 0.25) is 0 Å². The molecule has 1 aromatic carbocycles. The second-order valence-electron chi connectivity index (χ2n) is 7.90. The maximum absolute atomic E-state index is 6.50. The molecule has 5 heteroatoms. The smallest absolute Gasteiger partial charge is 0.402 e. The van der Waals surface area contributed by atoms with Gasteiger partial charge in [-0.05, 0) is 39.3 Å². The minimum atomic E-state index is -0.424. The highest BCUT2D eigenvalue weighted by Crippen LogP contribution is 2.42. The lowest BCUT2D eigenvalue weighted by atomic mass is 9.75. The predicted molar refractivity (Wildman–Crippen MR) is 95.1 cm³/mol. The molecule has 1 aliphatic heterocycles. The molecule has 0 amide bonds. The van der Waals surface area contributed by atoms with Gasteiger partial charge in [0.1, 0.15) is 0 Å². The number of hydrogen-bond donors (Lipinski definition) is 1. The van der Waals surface area contributed by atoms with Crippen molar-refractivity contribution in [1.82, 2.24) is 0 Å². The van der Waals surface area contributed by atoms with E-state index in [0.717, 1.165) is 5.56 Å². The highest BCUT2D eigenvalue weighted by atomic mass is 32.2. The second-order valence-corrected chi connectivity index (χ2v) is 9.77. The molecule has 1 aliphatic rings. The number of rotatable bonds is 3. The minimum Gasteiger partial charge on any atom is -0.402 e. The summed E-state index contributed by atoms with van der Waals surface area (Å²) < 4.78 is 12.3. The van der Waals surface area contributed by atoms with E-state index in [2.05, 4.69) is 66.7 Å². The molecule has 1 fully saturated rings. The van der Waals surface area contributed by atoms with Gasteiger partial charge in [0.25, 0.3) is 0 Å². The molecular weight excluding hydrogens is 293 g/mol. The molecule has 1 aromatic rings. The lowest BCUT2D eigenvalue weighted by Gasteiger charge is -2.32. The van der Waals surface area contributed by atoms with E-state index < -0.39 is 7.12 Å². The number of benzene rings is 1. The Morgan fingerprint density at radius 3 is 2.05 bits per heavy atom. The largest absolute Gasteiger partial charge is 0.480 e. The molecule has 0 spiro atoms. The molecule has 0 saturated carbocycles. The summed E-state index contributed by atoms with van der Waals surface area (Å²) >= 11 is 1.82. The van der Waals surface area contributed by atoms with E-state index in [1.165, 1.54) is 4.90 Å². The van der Waals surface area contributed by atoms with Gasteiger partial charge in [-0.2, -0.15) is 0 Å². The summed E-state index contributed by atoms with van der Waals surface area (Å²) in [6, 6.07) is 8.27. The Morgan fingerprint density at radius 2 is 1.55 bits per heavy atom. The third kappa shape index (κ3) is 3.70. The minimum absolute atomic E-state index is 0.131. The van der Waals surface area contributed by atoms with E-state index >= 15 is 0 Å². The van der Waals surface area contributed by atoms with Gasteiger partial charge >= 0.3 is 7.12 Å². The van der Waals surface area contributed by atoms with E-state index in [4.69, 9.17) is 15.0 Å². The van der Waals surface area contributed by atoms with Gasteiger partial charge in [0.05, 0.1) is 17.1 Å². The van der Waals surface area contributed by atoms with Crippen molar-refractivity contribution in [3.63, 3.8) is 0 Å². The van der Waals surface area contributed by atoms with Gasteiger partial charge in [-0.3, -0.25) is 0 Å². The lowest BCUT2D eigenvalue weighted by molar-refractivity contribution is 0.00578. The Bertz CT molecular complexity index is 524. The molecule has 0 bridgehead atoms. The molecular formula is C17H28BNO2S. The fourth-order valence-electron chi connectivity index (χ4n) is 2.36. The van der Waals surface area contributed by atoms with Crippen molar-refractivity contribution in [2.24, 2.45) is 5.73 Å². The quantitative estimate of drug-likeness (QED) is 0.669. The van der Waals surface area contributed by atoms with Crippen molar-refractivity contribution >= 4 is 18.9 Å². The Kier molecular flexibility index (Phi) is 4.76. The molecule has 1 heterocycles. The Balaban J connectivity index is 2.26. The first-order valence-corrected chi connectivity index (χ1v) is 8.64. The zero-order valence-corrected chi connectivity index (χ0v) is 15.6. The Morgan fingerprint density at radius 1 is 1.05 bits per heavy atom. The first kappa shape index (κ1) is 17.9. The van der Waals surface area contributed by atoms with Crippen molar-refractivity contribution in [3.05, 3.63) is 29.8 Å². The van der Waals surface area contributed by atoms with Gasteiger partial charge in [0.2, 0.25) is 0 Å². The Labute approximate surface area is 139 Å². The molecule has 1 saturated heterocycles. The van der Waals surface area contributed by atoms with Crippen molar-refractivity contribution in [2.75, 3.05) is 0 Å². The van der Waals surface area contributed by atoms with Crippen LogP contribution in [0.3, 0.4) is 0 Å². The van der Waals surface area contributed by atoms with Crippen LogP contribution in [0.5, 0.6) is 0 Å². The standard InChI is InChI=1S/C17H28BNO2S/c1-15(2,3)22-13-11-9-8-10-12(13)14(19)18-20-16(4,5)17(6,7)21-18/h8-11,14H,19H2,1-7H3/t14-/m0/s1. The molecule has 0 radical (unpaired) electrons. The normalized spacial score (nSPS) is 21.9. The maximum atomic E-state index is 6.50. The SMILES string of the molecule is CC(C)(C)Sc1ccccc1[C@H](N)B1OC(C)(C)C(C)(C)O1. The van der Waals surface area contributed by atoms with Crippen LogP contribution >= 0.6 is 11.8 Å². The molecule has 0 aliphatic carbocycles. The van der Waals surface area contributed by atoms with Crippen molar-refractivity contribution < 1.29 is 9.31 Å². The number of thioether (sulfide) groups is 1. The molecule has 1 atom stereocenters. The van der Waals surface area contributed by atoms with Crippen LogP contribution in [0.15, 0.2) is 29.2 Å². The topological polar surface area (TPSA) is 44.5 Å². The average Bonchev–Trinajstić information content (AvgIpc) is 2.56. The highest BCUT2D eigenvalue weighted by molar-refractivity contribution is 8.00. The first-order chi connectivity index (χ1) is 9.93. The fourth-order valence-corrected chi connectivity index (χ4v) is 3.49. The molecule has 3 nitrogen and oxygen atoms in total. The summed E-state index contributed by atoms with van der Waals surface area (Å²) in [4.78, 5) is 1.19. The monoisotopic (exact) mass is 321 g/mol. The summed E-state index contributed by atoms with van der Waals surface area (Å²) in [6.45, 7) is 14.8. The van der Waals surface area contributed by atoms with Gasteiger partial charge in [0, 0.05) is 9.64 Å². The predicted octanol–water partition coefficient (Wildman–Crippen LogP) is 4.21. The molecule has 22 heavy (non-hydrogen) atoms. The third-order valence-electron chi connectivity index (χ3n) is 4.26. The van der Waals surface area contributed by atoms with E-state index in [-0.39, 0.29) is 21.9 Å². The van der Waals surface area contributed by atoms with Crippen LogP contribution in [0.4, 0.5) is 0 Å². The van der Waals surface area contributed by atoms with Crippen molar-refractivity contribution in [3.8, 4) is 0 Å². The zero-order valence-electron chi connectivity index (χ0n) is 14.8. The van der Waals surface area contributed by atoms with Gasteiger partial charge in [-0.15, -0.1) is 11.8 Å². The van der Waals surface area contributed by atoms with Crippen LogP contribution in [0.25, 0.3) is 0 Å². The summed E-state index contributed by atoms with van der Waals surface area (Å²) in [7, 11) is -0.424. The third-order valence-corrected chi connectivity index (χ3v) is 5.46. The van der Waals surface area contributed by atoms with E-state index in [0.29, 0.717) is 0 Å². The maximum Gasteiger partial charge on any atom is 0.480 e. The molecule has 2 rings (SSSR count). The van der Waals surface area contributed by atoms with Gasteiger partial charge in [0.15, 0.2) is 0 Å². The molecule has 2 N–H and O–H groups in total. The number of hydrogen-bond acceptors (Lipinski definition) is 4. The first-order valence-electron chi connectivity index (χ1n) is 7.82. The van der Waals surface area contributed by atoms with Gasteiger partial charge in [-0.1, -0.05) is 39.0 Å². The van der Waals surface area contributed by atoms with E-state index in [9.17, 15) is 0 Å². The lowest BCUT2D eigenvalue weighted by Crippen LogP contribution is -2.41. The van der Waals surface area contributed by atoms with Crippen molar-refractivity contribution in [2.45, 2.75) is 75.3 Å². The number of nitrogens with two attached hydrogens (primary N) is 1. The van der Waals surface area contributed by atoms with Crippen LogP contribution < -0.4 is 5.73 Å². The molecule has 122 valence electrons. The van der Waals surface area contributed by atoms with Gasteiger partial charge in [-0.25, -0.2) is 0 Å². The fraction of sp³-hybridized carbons (Fsp3) is 0.647. The summed E-state index contributed by atoms with van der Waals surface area (Å²) in [6.07, 6.45) is 0. The van der Waals surface area contributed by atoms with Crippen LogP contribution in [0.1, 0.15) is 60.0 Å². The van der Waals surface area contributed by atoms with E-state index in [1.807, 2.05) is 17.8 Å². The van der Waals surface area contributed by atoms with Crippen LogP contribution in [-0.2, 0) is 9.31 Å². The highest BCUT2D eigenvalue weighted by Gasteiger charge is 2.53. The summed E-state index contributed by atoms with van der Waals surface area (Å²) in [5.41, 5.74) is 6.86. The second kappa shape index (κ2) is 5.86. The summed E-state index contributed by atoms with van der Waals surface area (Å²) in [5, 5.41) is 0. The Hall–Kier alpha value is -0.485. The van der Waals surface area contributed by atoms with Gasteiger partial charge < -0.3 is 15.0 Å². The molecule has 0 unspecified atom stereocenters. The van der Waals surface area contributed by atoms with E-state index in [1.54, 1.807) is 0 Å². The zero-order chi connectivity index (χ0) is 16.8. The summed E-state index contributed by atoms with van der Waals surface area (Å²) in [5.74, 6) is -0.299. The molecule has 0 aromatic heterocycles. The van der Waals surface area contributed by atoms with Crippen LogP contribution in [0, 0.1) is 0 Å². The average molecular weight is 321 g/mol.